The summed E-state index contributed by atoms with van der Waals surface area (Å²) in [4.78, 5) is 11.8. The molecule has 4 nitrogen and oxygen atoms in total. The van der Waals surface area contributed by atoms with Gasteiger partial charge in [0.05, 0.1) is 13.2 Å². The second-order valence-electron chi connectivity index (χ2n) is 5.02. The van der Waals surface area contributed by atoms with E-state index in [1.165, 1.54) is 11.1 Å². The fourth-order valence-electron chi connectivity index (χ4n) is 2.26. The van der Waals surface area contributed by atoms with Crippen molar-refractivity contribution in [3.8, 4) is 0 Å². The molecule has 1 fully saturated rings. The SMILES string of the molecule is Cc1cccc(CCNC(=O)CC2COCCN2)c1. The Morgan fingerprint density at radius 3 is 3.16 bits per heavy atom. The summed E-state index contributed by atoms with van der Waals surface area (Å²) < 4.78 is 5.33. The third-order valence-electron chi connectivity index (χ3n) is 3.25. The summed E-state index contributed by atoms with van der Waals surface area (Å²) in [6.07, 6.45) is 1.37. The van der Waals surface area contributed by atoms with Crippen LogP contribution >= 0.6 is 0 Å². The molecule has 2 N–H and O–H groups in total. The molecule has 1 atom stereocenters. The van der Waals surface area contributed by atoms with Gasteiger partial charge in [-0.2, -0.15) is 0 Å². The Morgan fingerprint density at radius 2 is 2.42 bits per heavy atom. The highest BCUT2D eigenvalue weighted by atomic mass is 16.5. The normalized spacial score (nSPS) is 19.1. The maximum absolute atomic E-state index is 11.8. The van der Waals surface area contributed by atoms with E-state index in [1.54, 1.807) is 0 Å². The lowest BCUT2D eigenvalue weighted by Crippen LogP contribution is -2.44. The van der Waals surface area contributed by atoms with Gasteiger partial charge < -0.3 is 15.4 Å². The van der Waals surface area contributed by atoms with Gasteiger partial charge in [0.25, 0.3) is 0 Å². The van der Waals surface area contributed by atoms with Crippen molar-refractivity contribution in [1.29, 1.82) is 0 Å². The lowest BCUT2D eigenvalue weighted by atomic mass is 10.1. The largest absolute Gasteiger partial charge is 0.378 e. The number of carbonyl (C=O) groups is 1. The van der Waals surface area contributed by atoms with E-state index >= 15 is 0 Å². The number of benzene rings is 1. The second-order valence-corrected chi connectivity index (χ2v) is 5.02. The Labute approximate surface area is 114 Å². The quantitative estimate of drug-likeness (QED) is 0.833. The molecule has 0 radical (unpaired) electrons. The Kier molecular flexibility index (Phi) is 5.36. The minimum absolute atomic E-state index is 0.0932. The fraction of sp³-hybridized carbons (Fsp3) is 0.533. The van der Waals surface area contributed by atoms with Crippen molar-refractivity contribution in [1.82, 2.24) is 10.6 Å². The smallest absolute Gasteiger partial charge is 0.221 e. The van der Waals surface area contributed by atoms with E-state index in [2.05, 4.69) is 41.8 Å². The van der Waals surface area contributed by atoms with E-state index in [0.717, 1.165) is 19.6 Å². The summed E-state index contributed by atoms with van der Waals surface area (Å²) in [5.41, 5.74) is 2.52. The molecule has 0 aliphatic carbocycles. The fourth-order valence-corrected chi connectivity index (χ4v) is 2.26. The molecule has 2 rings (SSSR count). The van der Waals surface area contributed by atoms with Gasteiger partial charge in [-0.15, -0.1) is 0 Å². The van der Waals surface area contributed by atoms with Gasteiger partial charge in [0, 0.05) is 25.6 Å². The van der Waals surface area contributed by atoms with Crippen LogP contribution in [0, 0.1) is 6.92 Å². The lowest BCUT2D eigenvalue weighted by molar-refractivity contribution is -0.122. The zero-order valence-corrected chi connectivity index (χ0v) is 11.4. The van der Waals surface area contributed by atoms with Gasteiger partial charge in [0.1, 0.15) is 0 Å². The number of carbonyl (C=O) groups excluding carboxylic acids is 1. The summed E-state index contributed by atoms with van der Waals surface area (Å²) in [5, 5.41) is 6.24. The van der Waals surface area contributed by atoms with E-state index in [0.29, 0.717) is 19.6 Å². The summed E-state index contributed by atoms with van der Waals surface area (Å²) in [6.45, 7) is 4.98. The molecule has 104 valence electrons. The standard InChI is InChI=1S/C15H22N2O2/c1-12-3-2-4-13(9-12)5-6-17-15(18)10-14-11-19-8-7-16-14/h2-4,9,14,16H,5-8,10-11H2,1H3,(H,17,18). The molecular weight excluding hydrogens is 240 g/mol. The van der Waals surface area contributed by atoms with Crippen molar-refractivity contribution in [3.63, 3.8) is 0 Å². The van der Waals surface area contributed by atoms with E-state index in [4.69, 9.17) is 4.74 Å². The molecule has 19 heavy (non-hydrogen) atoms. The molecule has 1 unspecified atom stereocenters. The molecule has 0 saturated carbocycles. The molecule has 1 aromatic carbocycles. The molecule has 1 aromatic rings. The van der Waals surface area contributed by atoms with Gasteiger partial charge in [-0.25, -0.2) is 0 Å². The number of aryl methyl sites for hydroxylation is 1. The number of morpholine rings is 1. The lowest BCUT2D eigenvalue weighted by Gasteiger charge is -2.23. The molecule has 1 amide bonds. The number of hydrogen-bond donors (Lipinski definition) is 2. The van der Waals surface area contributed by atoms with Gasteiger partial charge in [0.15, 0.2) is 0 Å². The topological polar surface area (TPSA) is 50.4 Å². The highest BCUT2D eigenvalue weighted by molar-refractivity contribution is 5.76. The monoisotopic (exact) mass is 262 g/mol. The first kappa shape index (κ1) is 14.0. The van der Waals surface area contributed by atoms with Gasteiger partial charge >= 0.3 is 0 Å². The predicted molar refractivity (Wildman–Crippen MR) is 75.1 cm³/mol. The molecule has 0 aromatic heterocycles. The van der Waals surface area contributed by atoms with E-state index in [1.807, 2.05) is 0 Å². The van der Waals surface area contributed by atoms with Crippen molar-refractivity contribution in [3.05, 3.63) is 35.4 Å². The van der Waals surface area contributed by atoms with Crippen LogP contribution in [0.25, 0.3) is 0 Å². The molecule has 1 aliphatic heterocycles. The molecule has 0 spiro atoms. The minimum atomic E-state index is 0.0932. The number of ether oxygens (including phenoxy) is 1. The zero-order valence-electron chi connectivity index (χ0n) is 11.4. The first-order chi connectivity index (χ1) is 9.24. The van der Waals surface area contributed by atoms with E-state index in [-0.39, 0.29) is 11.9 Å². The second kappa shape index (κ2) is 7.26. The van der Waals surface area contributed by atoms with Gasteiger partial charge in [0.2, 0.25) is 5.91 Å². The third kappa shape index (κ3) is 5.01. The number of rotatable bonds is 5. The molecule has 1 heterocycles. The van der Waals surface area contributed by atoms with Crippen LogP contribution in [-0.4, -0.2) is 38.3 Å². The number of hydrogen-bond acceptors (Lipinski definition) is 3. The Balaban J connectivity index is 1.66. The Hall–Kier alpha value is -1.39. The van der Waals surface area contributed by atoms with Crippen LogP contribution < -0.4 is 10.6 Å². The van der Waals surface area contributed by atoms with E-state index < -0.39 is 0 Å². The van der Waals surface area contributed by atoms with Crippen molar-refractivity contribution in [2.75, 3.05) is 26.3 Å². The average Bonchev–Trinajstić information content (AvgIpc) is 2.40. The maximum atomic E-state index is 11.8. The summed E-state index contributed by atoms with van der Waals surface area (Å²) >= 11 is 0. The Morgan fingerprint density at radius 1 is 1.53 bits per heavy atom. The zero-order chi connectivity index (χ0) is 13.5. The first-order valence-corrected chi connectivity index (χ1v) is 6.87. The Bertz CT molecular complexity index is 414. The molecular formula is C15H22N2O2. The minimum Gasteiger partial charge on any atom is -0.378 e. The highest BCUT2D eigenvalue weighted by Gasteiger charge is 2.16. The van der Waals surface area contributed by atoms with Crippen molar-refractivity contribution in [2.45, 2.75) is 25.8 Å². The van der Waals surface area contributed by atoms with Crippen molar-refractivity contribution < 1.29 is 9.53 Å². The van der Waals surface area contributed by atoms with Crippen LogP contribution in [-0.2, 0) is 16.0 Å². The van der Waals surface area contributed by atoms with Crippen LogP contribution in [0.15, 0.2) is 24.3 Å². The third-order valence-corrected chi connectivity index (χ3v) is 3.25. The predicted octanol–water partition coefficient (Wildman–Crippen LogP) is 1.03. The first-order valence-electron chi connectivity index (χ1n) is 6.87. The summed E-state index contributed by atoms with van der Waals surface area (Å²) in [5.74, 6) is 0.0932. The highest BCUT2D eigenvalue weighted by Crippen LogP contribution is 2.04. The molecule has 1 aliphatic rings. The number of amides is 1. The van der Waals surface area contributed by atoms with Crippen LogP contribution in [0.4, 0.5) is 0 Å². The van der Waals surface area contributed by atoms with Crippen LogP contribution in [0.1, 0.15) is 17.5 Å². The summed E-state index contributed by atoms with van der Waals surface area (Å²) in [6, 6.07) is 8.54. The van der Waals surface area contributed by atoms with Crippen LogP contribution in [0.3, 0.4) is 0 Å². The molecule has 4 heteroatoms. The maximum Gasteiger partial charge on any atom is 0.221 e. The number of nitrogens with one attached hydrogen (secondary N) is 2. The van der Waals surface area contributed by atoms with E-state index in [9.17, 15) is 4.79 Å². The molecule has 1 saturated heterocycles. The van der Waals surface area contributed by atoms with Crippen LogP contribution in [0.2, 0.25) is 0 Å². The average molecular weight is 262 g/mol. The van der Waals surface area contributed by atoms with Gasteiger partial charge in [-0.1, -0.05) is 29.8 Å². The summed E-state index contributed by atoms with van der Waals surface area (Å²) in [7, 11) is 0. The van der Waals surface area contributed by atoms with Gasteiger partial charge in [-0.05, 0) is 18.9 Å². The van der Waals surface area contributed by atoms with Crippen molar-refractivity contribution in [2.24, 2.45) is 0 Å². The van der Waals surface area contributed by atoms with Crippen LogP contribution in [0.5, 0.6) is 0 Å². The molecule has 0 bridgehead atoms. The van der Waals surface area contributed by atoms with Gasteiger partial charge in [-0.3, -0.25) is 4.79 Å². The van der Waals surface area contributed by atoms with Crippen molar-refractivity contribution >= 4 is 5.91 Å².